The lowest BCUT2D eigenvalue weighted by atomic mass is 10.1. The van der Waals surface area contributed by atoms with Crippen LogP contribution in [0.15, 0.2) is 33.7 Å². The first-order valence-electron chi connectivity index (χ1n) is 6.95. The molecule has 0 fully saturated rings. The maximum atomic E-state index is 11.6. The number of carbonyl (C=O) groups is 1. The van der Waals surface area contributed by atoms with Crippen molar-refractivity contribution in [3.8, 4) is 0 Å². The third-order valence-corrected chi connectivity index (χ3v) is 3.54. The molecule has 0 saturated carbocycles. The minimum Gasteiger partial charge on any atom is -0.352 e. The predicted molar refractivity (Wildman–Crippen MR) is 106 cm³/mol. The van der Waals surface area contributed by atoms with Crippen LogP contribution in [0.5, 0.6) is 0 Å². The zero-order chi connectivity index (χ0) is 15.8. The van der Waals surface area contributed by atoms with Crippen LogP contribution < -0.4 is 16.0 Å². The van der Waals surface area contributed by atoms with Gasteiger partial charge in [0, 0.05) is 17.6 Å². The maximum absolute atomic E-state index is 11.6. The van der Waals surface area contributed by atoms with Crippen LogP contribution in [0.25, 0.3) is 0 Å². The average molecular weight is 483 g/mol. The molecular weight excluding hydrogens is 459 g/mol. The van der Waals surface area contributed by atoms with Gasteiger partial charge in [-0.1, -0.05) is 34.1 Å². The second-order valence-electron chi connectivity index (χ2n) is 5.04. The first-order chi connectivity index (χ1) is 9.93. The number of halogens is 2. The van der Waals surface area contributed by atoms with Gasteiger partial charge in [0.1, 0.15) is 0 Å². The van der Waals surface area contributed by atoms with E-state index in [0.717, 1.165) is 10.0 Å². The number of hydrogen-bond donors (Lipinski definition) is 3. The maximum Gasteiger partial charge on any atom is 0.239 e. The van der Waals surface area contributed by atoms with Gasteiger partial charge in [0.15, 0.2) is 5.96 Å². The van der Waals surface area contributed by atoms with Gasteiger partial charge in [-0.15, -0.1) is 24.0 Å². The minimum absolute atomic E-state index is 0. The Balaban J connectivity index is 0.00000441. The lowest BCUT2D eigenvalue weighted by Gasteiger charge is -2.19. The summed E-state index contributed by atoms with van der Waals surface area (Å²) in [6.45, 7) is 6.10. The second-order valence-corrected chi connectivity index (χ2v) is 5.89. The SMILES string of the molecule is CN=C(NCC(=O)NC(C)C)NC(C)c1ccccc1Br.I. The number of nitrogens with one attached hydrogen (secondary N) is 3. The molecular formula is C15H24BrIN4O. The normalized spacial score (nSPS) is 12.4. The summed E-state index contributed by atoms with van der Waals surface area (Å²) in [7, 11) is 1.68. The number of amides is 1. The molecule has 1 atom stereocenters. The highest BCUT2D eigenvalue weighted by Gasteiger charge is 2.11. The Labute approximate surface area is 157 Å². The molecule has 0 aromatic heterocycles. The summed E-state index contributed by atoms with van der Waals surface area (Å²) in [5, 5.41) is 9.09. The van der Waals surface area contributed by atoms with E-state index >= 15 is 0 Å². The number of aliphatic imine (C=N–C) groups is 1. The molecule has 0 aliphatic heterocycles. The fourth-order valence-electron chi connectivity index (χ4n) is 1.84. The zero-order valence-corrected chi connectivity index (χ0v) is 17.2. The van der Waals surface area contributed by atoms with E-state index in [2.05, 4.69) is 36.9 Å². The summed E-state index contributed by atoms with van der Waals surface area (Å²) in [4.78, 5) is 15.8. The lowest BCUT2D eigenvalue weighted by Crippen LogP contribution is -2.45. The van der Waals surface area contributed by atoms with Crippen LogP contribution in [-0.2, 0) is 4.79 Å². The van der Waals surface area contributed by atoms with E-state index in [9.17, 15) is 4.79 Å². The average Bonchev–Trinajstić information content (AvgIpc) is 2.42. The summed E-state index contributed by atoms with van der Waals surface area (Å²) in [5.41, 5.74) is 1.13. The molecule has 3 N–H and O–H groups in total. The zero-order valence-electron chi connectivity index (χ0n) is 13.3. The monoisotopic (exact) mass is 482 g/mol. The Hall–Kier alpha value is -0.830. The topological polar surface area (TPSA) is 65.5 Å². The highest BCUT2D eigenvalue weighted by molar-refractivity contribution is 14.0. The van der Waals surface area contributed by atoms with Crippen LogP contribution in [0.4, 0.5) is 0 Å². The van der Waals surface area contributed by atoms with E-state index < -0.39 is 0 Å². The van der Waals surface area contributed by atoms with Crippen LogP contribution in [0.3, 0.4) is 0 Å². The van der Waals surface area contributed by atoms with Crippen LogP contribution in [-0.4, -0.2) is 31.5 Å². The standard InChI is InChI=1S/C15H23BrN4O.HI/c1-10(2)19-14(21)9-18-15(17-4)20-11(3)12-7-5-6-8-13(12)16;/h5-8,10-11H,9H2,1-4H3,(H,19,21)(H2,17,18,20);1H. The number of benzene rings is 1. The van der Waals surface area contributed by atoms with Crippen molar-refractivity contribution in [3.63, 3.8) is 0 Å². The number of nitrogens with zero attached hydrogens (tertiary/aromatic N) is 1. The van der Waals surface area contributed by atoms with Crippen LogP contribution in [0.1, 0.15) is 32.4 Å². The molecule has 0 aliphatic rings. The molecule has 5 nitrogen and oxygen atoms in total. The predicted octanol–water partition coefficient (Wildman–Crippen LogP) is 2.82. The number of hydrogen-bond acceptors (Lipinski definition) is 2. The molecule has 0 radical (unpaired) electrons. The molecule has 0 heterocycles. The molecule has 1 unspecified atom stereocenters. The molecule has 1 aromatic rings. The fourth-order valence-corrected chi connectivity index (χ4v) is 2.47. The lowest BCUT2D eigenvalue weighted by molar-refractivity contribution is -0.120. The summed E-state index contributed by atoms with van der Waals surface area (Å²) < 4.78 is 1.04. The van der Waals surface area contributed by atoms with E-state index in [1.54, 1.807) is 7.05 Å². The van der Waals surface area contributed by atoms with Gasteiger partial charge in [0.05, 0.1) is 12.6 Å². The molecule has 0 aliphatic carbocycles. The Bertz CT molecular complexity index is 508. The molecule has 1 rings (SSSR count). The van der Waals surface area contributed by atoms with E-state index in [0.29, 0.717) is 5.96 Å². The summed E-state index contributed by atoms with van der Waals surface area (Å²) >= 11 is 3.53. The number of rotatable bonds is 5. The van der Waals surface area contributed by atoms with E-state index in [1.165, 1.54) is 0 Å². The van der Waals surface area contributed by atoms with E-state index in [-0.39, 0.29) is 48.5 Å². The van der Waals surface area contributed by atoms with Crippen LogP contribution in [0, 0.1) is 0 Å². The van der Waals surface area contributed by atoms with Crippen LogP contribution in [0.2, 0.25) is 0 Å². The number of guanidine groups is 1. The Morgan fingerprint density at radius 2 is 1.86 bits per heavy atom. The Morgan fingerprint density at radius 3 is 2.41 bits per heavy atom. The quantitative estimate of drug-likeness (QED) is 0.343. The van der Waals surface area contributed by atoms with E-state index in [1.807, 2.05) is 45.0 Å². The van der Waals surface area contributed by atoms with Crippen molar-refractivity contribution < 1.29 is 4.79 Å². The summed E-state index contributed by atoms with van der Waals surface area (Å²) in [6.07, 6.45) is 0. The summed E-state index contributed by atoms with van der Waals surface area (Å²) in [6, 6.07) is 8.21. The van der Waals surface area contributed by atoms with Crippen molar-refractivity contribution >= 4 is 51.8 Å². The van der Waals surface area contributed by atoms with Crippen LogP contribution >= 0.6 is 39.9 Å². The first-order valence-corrected chi connectivity index (χ1v) is 7.74. The molecule has 0 spiro atoms. The van der Waals surface area contributed by atoms with Gasteiger partial charge in [0.2, 0.25) is 5.91 Å². The van der Waals surface area contributed by atoms with Gasteiger partial charge in [-0.05, 0) is 32.4 Å². The number of carbonyl (C=O) groups excluding carboxylic acids is 1. The van der Waals surface area contributed by atoms with Gasteiger partial charge in [-0.25, -0.2) is 0 Å². The van der Waals surface area contributed by atoms with Gasteiger partial charge < -0.3 is 16.0 Å². The highest BCUT2D eigenvalue weighted by Crippen LogP contribution is 2.22. The van der Waals surface area contributed by atoms with Crippen molar-refractivity contribution in [2.45, 2.75) is 32.9 Å². The Morgan fingerprint density at radius 1 is 1.23 bits per heavy atom. The molecule has 7 heteroatoms. The Kier molecular flexibility index (Phi) is 10.4. The second kappa shape index (κ2) is 10.8. The highest BCUT2D eigenvalue weighted by atomic mass is 127. The molecule has 22 heavy (non-hydrogen) atoms. The molecule has 0 saturated heterocycles. The van der Waals surface area contributed by atoms with Gasteiger partial charge >= 0.3 is 0 Å². The molecule has 1 aromatic carbocycles. The van der Waals surface area contributed by atoms with Gasteiger partial charge in [-0.2, -0.15) is 0 Å². The van der Waals surface area contributed by atoms with Crippen molar-refractivity contribution in [1.29, 1.82) is 0 Å². The largest absolute Gasteiger partial charge is 0.352 e. The van der Waals surface area contributed by atoms with Crippen molar-refractivity contribution in [3.05, 3.63) is 34.3 Å². The molecule has 124 valence electrons. The molecule has 0 bridgehead atoms. The third kappa shape index (κ3) is 7.44. The van der Waals surface area contributed by atoms with Crippen molar-refractivity contribution in [2.24, 2.45) is 4.99 Å². The minimum atomic E-state index is -0.0542. The van der Waals surface area contributed by atoms with Gasteiger partial charge in [-0.3, -0.25) is 9.79 Å². The smallest absolute Gasteiger partial charge is 0.239 e. The summed E-state index contributed by atoms with van der Waals surface area (Å²) in [5.74, 6) is 0.540. The van der Waals surface area contributed by atoms with Gasteiger partial charge in [0.25, 0.3) is 0 Å². The molecule has 1 amide bonds. The van der Waals surface area contributed by atoms with E-state index in [4.69, 9.17) is 0 Å². The van der Waals surface area contributed by atoms with Crippen molar-refractivity contribution in [1.82, 2.24) is 16.0 Å². The fraction of sp³-hybridized carbons (Fsp3) is 0.467. The van der Waals surface area contributed by atoms with Crippen molar-refractivity contribution in [2.75, 3.05) is 13.6 Å². The first kappa shape index (κ1) is 21.2. The third-order valence-electron chi connectivity index (χ3n) is 2.81.